The summed E-state index contributed by atoms with van der Waals surface area (Å²) in [6, 6.07) is 1.90. The molecule has 3 heteroatoms. The summed E-state index contributed by atoms with van der Waals surface area (Å²) in [5.74, 6) is 5.96. The Bertz CT molecular complexity index is 300. The van der Waals surface area contributed by atoms with E-state index >= 15 is 0 Å². The first-order valence-corrected chi connectivity index (χ1v) is 4.31. The molecular weight excluding hydrogens is 225 g/mol. The van der Waals surface area contributed by atoms with Gasteiger partial charge in [0.05, 0.1) is 5.88 Å². The number of hydrogen-bond acceptors (Lipinski definition) is 1. The highest BCUT2D eigenvalue weighted by atomic mass is 79.9. The second-order valence-corrected chi connectivity index (χ2v) is 3.01. The fourth-order valence-corrected chi connectivity index (χ4v) is 1.05. The minimum Gasteiger partial charge on any atom is -0.262 e. The molecule has 0 bridgehead atoms. The highest BCUT2D eigenvalue weighted by Crippen LogP contribution is 2.07. The lowest BCUT2D eigenvalue weighted by Crippen LogP contribution is -1.77. The van der Waals surface area contributed by atoms with Crippen LogP contribution in [0.25, 0.3) is 0 Å². The highest BCUT2D eigenvalue weighted by molar-refractivity contribution is 9.10. The summed E-state index contributed by atoms with van der Waals surface area (Å²) < 4.78 is 0.930. The first-order chi connectivity index (χ1) is 5.33. The first-order valence-electron chi connectivity index (χ1n) is 2.98. The molecule has 1 rings (SSSR count). The SMILES string of the molecule is ClCC#Cc1cncc(Br)c1. The Kier molecular flexibility index (Phi) is 3.41. The van der Waals surface area contributed by atoms with Crippen molar-refractivity contribution in [3.63, 3.8) is 0 Å². The van der Waals surface area contributed by atoms with Crippen molar-refractivity contribution in [3.05, 3.63) is 28.5 Å². The quantitative estimate of drug-likeness (QED) is 0.493. The average molecular weight is 230 g/mol. The predicted octanol–water partition coefficient (Wildman–Crippen LogP) is 2.43. The van der Waals surface area contributed by atoms with E-state index in [0.29, 0.717) is 5.88 Å². The third-order valence-electron chi connectivity index (χ3n) is 1.00. The van der Waals surface area contributed by atoms with E-state index in [9.17, 15) is 0 Å². The zero-order valence-corrected chi connectivity index (χ0v) is 7.98. The van der Waals surface area contributed by atoms with Gasteiger partial charge in [-0.3, -0.25) is 4.98 Å². The first kappa shape index (κ1) is 8.58. The Morgan fingerprint density at radius 3 is 3.00 bits per heavy atom. The Morgan fingerprint density at radius 2 is 2.36 bits per heavy atom. The number of pyridine rings is 1. The molecule has 0 amide bonds. The molecule has 0 atom stereocenters. The van der Waals surface area contributed by atoms with Gasteiger partial charge in [0.2, 0.25) is 0 Å². The topological polar surface area (TPSA) is 12.9 Å². The molecule has 0 radical (unpaired) electrons. The second kappa shape index (κ2) is 4.38. The van der Waals surface area contributed by atoms with Crippen molar-refractivity contribution >= 4 is 27.5 Å². The predicted molar refractivity (Wildman–Crippen MR) is 49.5 cm³/mol. The number of nitrogens with zero attached hydrogens (tertiary/aromatic N) is 1. The van der Waals surface area contributed by atoms with E-state index in [1.54, 1.807) is 12.4 Å². The van der Waals surface area contributed by atoms with E-state index in [1.165, 1.54) is 0 Å². The van der Waals surface area contributed by atoms with E-state index in [0.717, 1.165) is 10.0 Å². The van der Waals surface area contributed by atoms with Gasteiger partial charge in [-0.25, -0.2) is 0 Å². The van der Waals surface area contributed by atoms with E-state index in [2.05, 4.69) is 32.8 Å². The molecule has 0 saturated heterocycles. The number of halogens is 2. The zero-order chi connectivity index (χ0) is 8.10. The lowest BCUT2D eigenvalue weighted by atomic mass is 10.3. The molecule has 11 heavy (non-hydrogen) atoms. The van der Waals surface area contributed by atoms with Crippen molar-refractivity contribution in [2.75, 3.05) is 5.88 Å². The summed E-state index contributed by atoms with van der Waals surface area (Å²) >= 11 is 8.68. The summed E-state index contributed by atoms with van der Waals surface area (Å²) in [6.45, 7) is 0. The normalized spacial score (nSPS) is 8.55. The maximum atomic E-state index is 5.39. The van der Waals surface area contributed by atoms with Gasteiger partial charge in [-0.2, -0.15) is 0 Å². The maximum absolute atomic E-state index is 5.39. The largest absolute Gasteiger partial charge is 0.262 e. The molecule has 56 valence electrons. The van der Waals surface area contributed by atoms with E-state index < -0.39 is 0 Å². The Balaban J connectivity index is 2.87. The molecule has 1 nitrogen and oxygen atoms in total. The van der Waals surface area contributed by atoms with Crippen LogP contribution in [0.3, 0.4) is 0 Å². The minimum absolute atomic E-state index is 0.354. The van der Waals surface area contributed by atoms with Gasteiger partial charge < -0.3 is 0 Å². The number of hydrogen-bond donors (Lipinski definition) is 0. The third kappa shape index (κ3) is 2.92. The van der Waals surface area contributed by atoms with Crippen LogP contribution >= 0.6 is 27.5 Å². The average Bonchev–Trinajstić information content (AvgIpc) is 2.01. The summed E-state index contributed by atoms with van der Waals surface area (Å²) in [4.78, 5) is 3.94. The van der Waals surface area contributed by atoms with Crippen LogP contribution in [0, 0.1) is 11.8 Å². The maximum Gasteiger partial charge on any atom is 0.0839 e. The van der Waals surface area contributed by atoms with E-state index in [-0.39, 0.29) is 0 Å². The van der Waals surface area contributed by atoms with Gasteiger partial charge in [0.25, 0.3) is 0 Å². The number of aromatic nitrogens is 1. The van der Waals surface area contributed by atoms with E-state index in [1.807, 2.05) is 6.07 Å². The lowest BCUT2D eigenvalue weighted by Gasteiger charge is -1.88. The van der Waals surface area contributed by atoms with Gasteiger partial charge in [0, 0.05) is 22.4 Å². The summed E-state index contributed by atoms with van der Waals surface area (Å²) in [5.41, 5.74) is 0.875. The van der Waals surface area contributed by atoms with Crippen molar-refractivity contribution in [1.82, 2.24) is 4.98 Å². The van der Waals surface area contributed by atoms with Gasteiger partial charge in [-0.1, -0.05) is 11.8 Å². The van der Waals surface area contributed by atoms with Crippen molar-refractivity contribution in [2.24, 2.45) is 0 Å². The summed E-state index contributed by atoms with van der Waals surface area (Å²) in [5, 5.41) is 0. The number of rotatable bonds is 0. The highest BCUT2D eigenvalue weighted by Gasteiger charge is 1.87. The standard InChI is InChI=1S/C8H5BrClN/c9-8-4-7(2-1-3-10)5-11-6-8/h4-6H,3H2. The molecule has 0 aromatic carbocycles. The molecule has 0 aliphatic carbocycles. The Labute approximate surface area is 78.9 Å². The molecule has 0 saturated carbocycles. The van der Waals surface area contributed by atoms with Crippen molar-refractivity contribution in [1.29, 1.82) is 0 Å². The molecule has 0 unspecified atom stereocenters. The molecular formula is C8H5BrClN. The van der Waals surface area contributed by atoms with Gasteiger partial charge in [0.15, 0.2) is 0 Å². The smallest absolute Gasteiger partial charge is 0.0839 e. The van der Waals surface area contributed by atoms with Crippen LogP contribution < -0.4 is 0 Å². The van der Waals surface area contributed by atoms with Crippen molar-refractivity contribution in [3.8, 4) is 11.8 Å². The Morgan fingerprint density at radius 1 is 1.55 bits per heavy atom. The molecule has 0 spiro atoms. The van der Waals surface area contributed by atoms with Crippen LogP contribution in [0.2, 0.25) is 0 Å². The Hall–Kier alpha value is -0.520. The fourth-order valence-electron chi connectivity index (χ4n) is 0.616. The van der Waals surface area contributed by atoms with Crippen LogP contribution in [0.4, 0.5) is 0 Å². The molecule has 1 heterocycles. The minimum atomic E-state index is 0.354. The summed E-state index contributed by atoms with van der Waals surface area (Å²) in [6.07, 6.45) is 3.41. The number of alkyl halides is 1. The van der Waals surface area contributed by atoms with E-state index in [4.69, 9.17) is 11.6 Å². The van der Waals surface area contributed by atoms with Gasteiger partial charge >= 0.3 is 0 Å². The van der Waals surface area contributed by atoms with Crippen LogP contribution in [-0.4, -0.2) is 10.9 Å². The molecule has 1 aromatic heterocycles. The third-order valence-corrected chi connectivity index (χ3v) is 1.57. The van der Waals surface area contributed by atoms with Gasteiger partial charge in [-0.05, 0) is 22.0 Å². The molecule has 0 fully saturated rings. The molecule has 0 aliphatic heterocycles. The van der Waals surface area contributed by atoms with Gasteiger partial charge in [0.1, 0.15) is 0 Å². The fraction of sp³-hybridized carbons (Fsp3) is 0.125. The van der Waals surface area contributed by atoms with Crippen LogP contribution in [0.5, 0.6) is 0 Å². The van der Waals surface area contributed by atoms with Crippen LogP contribution in [0.15, 0.2) is 22.9 Å². The molecule has 0 aliphatic rings. The molecule has 1 aromatic rings. The van der Waals surface area contributed by atoms with Crippen molar-refractivity contribution in [2.45, 2.75) is 0 Å². The van der Waals surface area contributed by atoms with Gasteiger partial charge in [-0.15, -0.1) is 11.6 Å². The van der Waals surface area contributed by atoms with Crippen LogP contribution in [0.1, 0.15) is 5.56 Å². The zero-order valence-electron chi connectivity index (χ0n) is 5.64. The second-order valence-electron chi connectivity index (χ2n) is 1.83. The molecule has 0 N–H and O–H groups in total. The van der Waals surface area contributed by atoms with Crippen molar-refractivity contribution < 1.29 is 0 Å². The summed E-state index contributed by atoms with van der Waals surface area (Å²) in [7, 11) is 0. The lowest BCUT2D eigenvalue weighted by molar-refractivity contribution is 1.29. The van der Waals surface area contributed by atoms with Crippen LogP contribution in [-0.2, 0) is 0 Å². The monoisotopic (exact) mass is 229 g/mol.